The molecule has 1 aliphatic rings. The summed E-state index contributed by atoms with van der Waals surface area (Å²) in [6.07, 6.45) is 5.47. The van der Waals surface area contributed by atoms with E-state index >= 15 is 0 Å². The van der Waals surface area contributed by atoms with Gasteiger partial charge in [-0.1, -0.05) is 6.92 Å². The molecule has 0 spiro atoms. The maximum atomic E-state index is 13.1. The van der Waals surface area contributed by atoms with E-state index in [1.54, 1.807) is 28.4 Å². The first kappa shape index (κ1) is 18.8. The van der Waals surface area contributed by atoms with Crippen LogP contribution in [0.3, 0.4) is 0 Å². The number of benzene rings is 1. The number of piperidine rings is 1. The van der Waals surface area contributed by atoms with Crippen molar-refractivity contribution in [2.45, 2.75) is 25.8 Å². The van der Waals surface area contributed by atoms with Gasteiger partial charge in [-0.3, -0.25) is 4.79 Å². The summed E-state index contributed by atoms with van der Waals surface area (Å²) in [6, 6.07) is 6.33. The lowest BCUT2D eigenvalue weighted by Crippen LogP contribution is -2.44. The summed E-state index contributed by atoms with van der Waals surface area (Å²) in [5.74, 6) is -0.407. The molecule has 3 heterocycles. The molecule has 0 unspecified atom stereocenters. The average molecular weight is 399 g/mol. The third kappa shape index (κ3) is 4.13. The van der Waals surface area contributed by atoms with Gasteiger partial charge < -0.3 is 10.2 Å². The lowest BCUT2D eigenvalue weighted by Gasteiger charge is -2.31. The quantitative estimate of drug-likeness (QED) is 0.715. The van der Waals surface area contributed by atoms with E-state index in [0.29, 0.717) is 5.69 Å². The van der Waals surface area contributed by atoms with Gasteiger partial charge in [0, 0.05) is 36.3 Å². The van der Waals surface area contributed by atoms with E-state index in [1.165, 1.54) is 23.5 Å². The minimum atomic E-state index is -0.285. The first-order valence-corrected chi connectivity index (χ1v) is 10.3. The van der Waals surface area contributed by atoms with Crippen LogP contribution in [0.4, 0.5) is 4.39 Å². The van der Waals surface area contributed by atoms with Crippen molar-refractivity contribution in [2.24, 2.45) is 0 Å². The number of nitrogens with one attached hydrogen (secondary N) is 1. The average Bonchev–Trinajstić information content (AvgIpc) is 3.39. The van der Waals surface area contributed by atoms with Crippen LogP contribution >= 0.6 is 11.3 Å². The van der Waals surface area contributed by atoms with Gasteiger partial charge in [0.2, 0.25) is 0 Å². The fourth-order valence-electron chi connectivity index (χ4n) is 3.33. The van der Waals surface area contributed by atoms with Crippen LogP contribution in [0.5, 0.6) is 0 Å². The number of rotatable bonds is 5. The zero-order chi connectivity index (χ0) is 19.5. The molecule has 0 radical (unpaired) electrons. The fraction of sp³-hybridized carbons (Fsp3) is 0.350. The minimum Gasteiger partial charge on any atom is -0.348 e. The molecule has 1 N–H and O–H groups in total. The van der Waals surface area contributed by atoms with E-state index in [0.717, 1.165) is 48.7 Å². The van der Waals surface area contributed by atoms with Crippen molar-refractivity contribution in [3.63, 3.8) is 0 Å². The Balaban J connectivity index is 1.41. The third-order valence-corrected chi connectivity index (χ3v) is 5.92. The van der Waals surface area contributed by atoms with Crippen LogP contribution in [0.15, 0.2) is 42.0 Å². The van der Waals surface area contributed by atoms with Gasteiger partial charge in [0.05, 0.1) is 11.9 Å². The minimum absolute atomic E-state index is 0.122. The number of hydrogen-bond donors (Lipinski definition) is 1. The van der Waals surface area contributed by atoms with Crippen molar-refractivity contribution in [3.05, 3.63) is 53.6 Å². The molecule has 1 aromatic carbocycles. The molecule has 3 aromatic rings. The van der Waals surface area contributed by atoms with Crippen molar-refractivity contribution in [1.82, 2.24) is 25.0 Å². The van der Waals surface area contributed by atoms with Crippen molar-refractivity contribution >= 4 is 17.2 Å². The summed E-state index contributed by atoms with van der Waals surface area (Å²) in [6.45, 7) is 5.26. The van der Waals surface area contributed by atoms with Gasteiger partial charge in [0.15, 0.2) is 0 Å². The first-order valence-electron chi connectivity index (χ1n) is 9.42. The van der Waals surface area contributed by atoms with Gasteiger partial charge in [0.1, 0.15) is 16.5 Å². The molecule has 28 heavy (non-hydrogen) atoms. The lowest BCUT2D eigenvalue weighted by molar-refractivity contribution is 0.0908. The second kappa shape index (κ2) is 8.20. The smallest absolute Gasteiger partial charge is 0.270 e. The number of carbonyl (C=O) groups is 1. The highest BCUT2D eigenvalue weighted by Gasteiger charge is 2.21. The molecule has 6 nitrogen and oxygen atoms in total. The summed E-state index contributed by atoms with van der Waals surface area (Å²) < 4.78 is 14.7. The van der Waals surface area contributed by atoms with Crippen LogP contribution < -0.4 is 5.32 Å². The number of aromatic nitrogens is 3. The van der Waals surface area contributed by atoms with E-state index in [-0.39, 0.29) is 17.8 Å². The summed E-state index contributed by atoms with van der Waals surface area (Å²) in [5.41, 5.74) is 2.03. The number of likely N-dealkylation sites (tertiary alicyclic amines) is 1. The normalized spacial score (nSPS) is 15.6. The Hall–Kier alpha value is -2.58. The van der Waals surface area contributed by atoms with Crippen molar-refractivity contribution in [3.8, 4) is 16.3 Å². The second-order valence-electron chi connectivity index (χ2n) is 6.87. The monoisotopic (exact) mass is 399 g/mol. The summed E-state index contributed by atoms with van der Waals surface area (Å²) >= 11 is 1.41. The van der Waals surface area contributed by atoms with Crippen molar-refractivity contribution in [1.29, 1.82) is 0 Å². The van der Waals surface area contributed by atoms with Crippen LogP contribution in [-0.4, -0.2) is 51.2 Å². The molecule has 0 atom stereocenters. The standard InChI is InChI=1S/C20H22FN5OS/c1-2-25-9-7-16(8-10-25)23-19(27)18-13-28-20(24-18)14-11-22-26(12-14)17-5-3-15(21)4-6-17/h3-6,11-13,16H,2,7-10H2,1H3,(H,23,27). The molecule has 4 rings (SSSR count). The molecule has 1 aliphatic heterocycles. The molecule has 0 saturated carbocycles. The predicted molar refractivity (Wildman–Crippen MR) is 107 cm³/mol. The molecule has 0 aliphatic carbocycles. The van der Waals surface area contributed by atoms with Crippen molar-refractivity contribution < 1.29 is 9.18 Å². The molecule has 8 heteroatoms. The molecule has 2 aromatic heterocycles. The van der Waals surface area contributed by atoms with Gasteiger partial charge in [0.25, 0.3) is 5.91 Å². The van der Waals surface area contributed by atoms with Crippen LogP contribution in [0, 0.1) is 5.82 Å². The van der Waals surface area contributed by atoms with E-state index in [9.17, 15) is 9.18 Å². The third-order valence-electron chi connectivity index (χ3n) is 5.03. The summed E-state index contributed by atoms with van der Waals surface area (Å²) in [4.78, 5) is 19.4. The maximum Gasteiger partial charge on any atom is 0.270 e. The van der Waals surface area contributed by atoms with Crippen LogP contribution in [0.1, 0.15) is 30.3 Å². The van der Waals surface area contributed by atoms with E-state index in [1.807, 2.05) is 6.20 Å². The zero-order valence-electron chi connectivity index (χ0n) is 15.6. The molecule has 1 fully saturated rings. The van der Waals surface area contributed by atoms with Gasteiger partial charge in [-0.15, -0.1) is 11.3 Å². The Bertz CT molecular complexity index is 944. The molecular formula is C20H22FN5OS. The zero-order valence-corrected chi connectivity index (χ0v) is 16.5. The molecule has 146 valence electrons. The highest BCUT2D eigenvalue weighted by Crippen LogP contribution is 2.24. The van der Waals surface area contributed by atoms with Crippen LogP contribution in [0.25, 0.3) is 16.3 Å². The number of nitrogens with zero attached hydrogens (tertiary/aromatic N) is 4. The van der Waals surface area contributed by atoms with E-state index in [4.69, 9.17) is 0 Å². The van der Waals surface area contributed by atoms with E-state index in [2.05, 4.69) is 27.2 Å². The Morgan fingerprint density at radius 1 is 1.29 bits per heavy atom. The van der Waals surface area contributed by atoms with Gasteiger partial charge in [-0.2, -0.15) is 5.10 Å². The number of carbonyl (C=O) groups excluding carboxylic acids is 1. The number of amides is 1. The van der Waals surface area contributed by atoms with Gasteiger partial charge in [-0.25, -0.2) is 14.1 Å². The Morgan fingerprint density at radius 3 is 2.75 bits per heavy atom. The Labute approximate surface area is 167 Å². The SMILES string of the molecule is CCN1CCC(NC(=O)c2csc(-c3cnn(-c4ccc(F)cc4)c3)n2)CC1. The van der Waals surface area contributed by atoms with Gasteiger partial charge >= 0.3 is 0 Å². The van der Waals surface area contributed by atoms with Crippen LogP contribution in [-0.2, 0) is 0 Å². The van der Waals surface area contributed by atoms with Crippen LogP contribution in [0.2, 0.25) is 0 Å². The molecular weight excluding hydrogens is 377 g/mol. The van der Waals surface area contributed by atoms with Gasteiger partial charge in [-0.05, 0) is 43.7 Å². The fourth-order valence-corrected chi connectivity index (χ4v) is 4.11. The Kier molecular flexibility index (Phi) is 5.50. The largest absolute Gasteiger partial charge is 0.348 e. The molecule has 0 bridgehead atoms. The van der Waals surface area contributed by atoms with E-state index < -0.39 is 0 Å². The number of thiazole rings is 1. The number of halogens is 1. The highest BCUT2D eigenvalue weighted by atomic mass is 32.1. The highest BCUT2D eigenvalue weighted by molar-refractivity contribution is 7.13. The van der Waals surface area contributed by atoms with Crippen molar-refractivity contribution in [2.75, 3.05) is 19.6 Å². The molecule has 1 saturated heterocycles. The first-order chi connectivity index (χ1) is 13.6. The topological polar surface area (TPSA) is 63.1 Å². The summed E-state index contributed by atoms with van der Waals surface area (Å²) in [7, 11) is 0. The molecule has 1 amide bonds. The summed E-state index contributed by atoms with van der Waals surface area (Å²) in [5, 5.41) is 9.93. The lowest BCUT2D eigenvalue weighted by atomic mass is 10.1. The number of hydrogen-bond acceptors (Lipinski definition) is 5. The maximum absolute atomic E-state index is 13.1. The predicted octanol–water partition coefficient (Wildman–Crippen LogP) is 3.35. The second-order valence-corrected chi connectivity index (χ2v) is 7.73. The Morgan fingerprint density at radius 2 is 2.04 bits per heavy atom.